The van der Waals surface area contributed by atoms with Gasteiger partial charge in [-0.3, -0.25) is 4.72 Å². The van der Waals surface area contributed by atoms with Gasteiger partial charge in [0.1, 0.15) is 5.82 Å². The van der Waals surface area contributed by atoms with Crippen molar-refractivity contribution in [2.75, 3.05) is 11.3 Å². The van der Waals surface area contributed by atoms with Crippen LogP contribution in [0.2, 0.25) is 5.02 Å². The minimum absolute atomic E-state index is 0.0369. The summed E-state index contributed by atoms with van der Waals surface area (Å²) >= 11 is 6.85. The Morgan fingerprint density at radius 3 is 2.66 bits per heavy atom. The topological polar surface area (TPSA) is 136 Å². The van der Waals surface area contributed by atoms with Crippen LogP contribution in [0.5, 0.6) is 0 Å². The van der Waals surface area contributed by atoms with Crippen LogP contribution < -0.4 is 9.44 Å². The summed E-state index contributed by atoms with van der Waals surface area (Å²) in [5.74, 6) is 0.305. The molecule has 10 nitrogen and oxygen atoms in total. The van der Waals surface area contributed by atoms with Crippen molar-refractivity contribution in [3.05, 3.63) is 47.1 Å². The third-order valence-corrected chi connectivity index (χ3v) is 7.83. The zero-order valence-corrected chi connectivity index (χ0v) is 18.5. The SMILES string of the molecule is Cc1c(Cl)cccc1S(=O)(=O)Nc1nc(CCNS(=O)(=O)c2cn(C)cn2)ns1. The van der Waals surface area contributed by atoms with Crippen molar-refractivity contribution in [2.45, 2.75) is 23.3 Å². The van der Waals surface area contributed by atoms with Crippen molar-refractivity contribution < 1.29 is 16.8 Å². The molecule has 29 heavy (non-hydrogen) atoms. The molecule has 3 aromatic rings. The minimum atomic E-state index is -3.88. The second-order valence-corrected chi connectivity index (χ2v) is 10.5. The van der Waals surface area contributed by atoms with E-state index in [1.807, 2.05) is 0 Å². The molecule has 14 heteroatoms. The van der Waals surface area contributed by atoms with Gasteiger partial charge in [-0.2, -0.15) is 4.37 Å². The van der Waals surface area contributed by atoms with Gasteiger partial charge in [0.2, 0.25) is 5.13 Å². The Bertz CT molecular complexity index is 1240. The molecule has 0 bridgehead atoms. The lowest BCUT2D eigenvalue weighted by Gasteiger charge is -2.08. The summed E-state index contributed by atoms with van der Waals surface area (Å²) in [4.78, 5) is 7.94. The molecule has 0 saturated carbocycles. The molecule has 0 unspecified atom stereocenters. The summed E-state index contributed by atoms with van der Waals surface area (Å²) in [5.41, 5.74) is 0.426. The van der Waals surface area contributed by atoms with Crippen LogP contribution in [0.1, 0.15) is 11.4 Å². The summed E-state index contributed by atoms with van der Waals surface area (Å²) < 4.78 is 59.7. The summed E-state index contributed by atoms with van der Waals surface area (Å²) in [6, 6.07) is 4.59. The van der Waals surface area contributed by atoms with Gasteiger partial charge in [0.15, 0.2) is 5.03 Å². The standard InChI is InChI=1S/C15H17ClN6O4S3/c1-10-11(16)4-3-5-12(10)28(23,24)21-15-19-13(20-27-15)6-7-18-29(25,26)14-8-22(2)9-17-14/h3-5,8-9,18H,6-7H2,1-2H3,(H,19,20,21). The van der Waals surface area contributed by atoms with Gasteiger partial charge in [0, 0.05) is 42.8 Å². The Morgan fingerprint density at radius 1 is 1.21 bits per heavy atom. The van der Waals surface area contributed by atoms with Gasteiger partial charge in [-0.05, 0) is 24.6 Å². The maximum Gasteiger partial charge on any atom is 0.264 e. The average molecular weight is 477 g/mol. The summed E-state index contributed by atoms with van der Waals surface area (Å²) in [6.07, 6.45) is 2.95. The molecule has 0 radical (unpaired) electrons. The molecule has 0 spiro atoms. The lowest BCUT2D eigenvalue weighted by Crippen LogP contribution is -2.26. The van der Waals surface area contributed by atoms with E-state index in [-0.39, 0.29) is 28.0 Å². The summed E-state index contributed by atoms with van der Waals surface area (Å²) in [6.45, 7) is 1.64. The first-order valence-electron chi connectivity index (χ1n) is 8.16. The van der Waals surface area contributed by atoms with E-state index in [1.165, 1.54) is 23.2 Å². The van der Waals surface area contributed by atoms with E-state index in [0.717, 1.165) is 11.5 Å². The molecule has 0 aliphatic rings. The van der Waals surface area contributed by atoms with E-state index in [0.29, 0.717) is 16.4 Å². The molecule has 0 fully saturated rings. The van der Waals surface area contributed by atoms with E-state index < -0.39 is 20.0 Å². The van der Waals surface area contributed by atoms with E-state index >= 15 is 0 Å². The maximum absolute atomic E-state index is 12.6. The molecule has 0 amide bonds. The Balaban J connectivity index is 1.63. The number of sulfonamides is 2. The van der Waals surface area contributed by atoms with Crippen molar-refractivity contribution in [3.8, 4) is 0 Å². The normalized spacial score (nSPS) is 12.2. The second-order valence-electron chi connectivity index (χ2n) is 6.01. The third-order valence-electron chi connectivity index (χ3n) is 3.79. The number of imidazole rings is 1. The Morgan fingerprint density at radius 2 is 1.97 bits per heavy atom. The van der Waals surface area contributed by atoms with Crippen LogP contribution in [-0.2, 0) is 33.5 Å². The van der Waals surface area contributed by atoms with Gasteiger partial charge in [0.05, 0.1) is 11.2 Å². The molecule has 2 N–H and O–H groups in total. The number of halogens is 1. The molecule has 2 aromatic heterocycles. The lowest BCUT2D eigenvalue weighted by molar-refractivity contribution is 0.577. The molecule has 156 valence electrons. The Labute approximate surface area is 177 Å². The number of benzene rings is 1. The fourth-order valence-corrected chi connectivity index (χ4v) is 5.69. The van der Waals surface area contributed by atoms with E-state index in [4.69, 9.17) is 11.6 Å². The van der Waals surface area contributed by atoms with Gasteiger partial charge in [-0.25, -0.2) is 31.5 Å². The highest BCUT2D eigenvalue weighted by Gasteiger charge is 2.21. The van der Waals surface area contributed by atoms with Gasteiger partial charge in [-0.1, -0.05) is 17.7 Å². The molecule has 1 aromatic carbocycles. The Hall–Kier alpha value is -2.06. The highest BCUT2D eigenvalue weighted by molar-refractivity contribution is 7.93. The number of nitrogens with one attached hydrogen (secondary N) is 2. The fraction of sp³-hybridized carbons (Fsp3) is 0.267. The number of nitrogens with zero attached hydrogens (tertiary/aromatic N) is 4. The number of hydrogen-bond acceptors (Lipinski definition) is 8. The summed E-state index contributed by atoms with van der Waals surface area (Å²) in [7, 11) is -5.95. The number of anilines is 1. The summed E-state index contributed by atoms with van der Waals surface area (Å²) in [5, 5.41) is 0.328. The Kier molecular flexibility index (Phi) is 6.24. The van der Waals surface area contributed by atoms with Crippen LogP contribution in [0, 0.1) is 6.92 Å². The zero-order chi connectivity index (χ0) is 21.2. The van der Waals surface area contributed by atoms with Gasteiger partial charge < -0.3 is 4.57 Å². The molecule has 3 rings (SSSR count). The van der Waals surface area contributed by atoms with Gasteiger partial charge in [0.25, 0.3) is 20.0 Å². The highest BCUT2D eigenvalue weighted by atomic mass is 35.5. The third kappa shape index (κ3) is 5.11. The number of hydrogen-bond donors (Lipinski definition) is 2. The van der Waals surface area contributed by atoms with Crippen LogP contribution >= 0.6 is 23.1 Å². The predicted octanol–water partition coefficient (Wildman–Crippen LogP) is 1.56. The van der Waals surface area contributed by atoms with Crippen LogP contribution in [0.4, 0.5) is 5.13 Å². The first kappa shape index (κ1) is 21.6. The van der Waals surface area contributed by atoms with E-state index in [2.05, 4.69) is 23.8 Å². The molecule has 0 aliphatic heterocycles. The van der Waals surface area contributed by atoms with Crippen molar-refractivity contribution in [3.63, 3.8) is 0 Å². The molecular weight excluding hydrogens is 460 g/mol. The van der Waals surface area contributed by atoms with E-state index in [9.17, 15) is 16.8 Å². The maximum atomic E-state index is 12.6. The van der Waals surface area contributed by atoms with Crippen LogP contribution in [0.15, 0.2) is 40.6 Å². The zero-order valence-electron chi connectivity index (χ0n) is 15.3. The number of rotatable bonds is 8. The second kappa shape index (κ2) is 8.36. The lowest BCUT2D eigenvalue weighted by atomic mass is 10.2. The largest absolute Gasteiger partial charge is 0.339 e. The predicted molar refractivity (Wildman–Crippen MR) is 109 cm³/mol. The van der Waals surface area contributed by atoms with Gasteiger partial charge in [-0.15, -0.1) is 0 Å². The number of aromatic nitrogens is 4. The van der Waals surface area contributed by atoms with Crippen LogP contribution in [0.25, 0.3) is 0 Å². The smallest absolute Gasteiger partial charge is 0.264 e. The van der Waals surface area contributed by atoms with Crippen molar-refractivity contribution in [1.29, 1.82) is 0 Å². The van der Waals surface area contributed by atoms with Crippen molar-refractivity contribution >= 4 is 48.3 Å². The van der Waals surface area contributed by atoms with Crippen molar-refractivity contribution in [2.24, 2.45) is 7.05 Å². The van der Waals surface area contributed by atoms with Crippen LogP contribution in [-0.4, -0.2) is 42.3 Å². The van der Waals surface area contributed by atoms with Crippen LogP contribution in [0.3, 0.4) is 0 Å². The molecular formula is C15H17ClN6O4S3. The van der Waals surface area contributed by atoms with E-state index in [1.54, 1.807) is 26.1 Å². The minimum Gasteiger partial charge on any atom is -0.339 e. The molecule has 0 saturated heterocycles. The van der Waals surface area contributed by atoms with Gasteiger partial charge >= 0.3 is 0 Å². The number of aryl methyl sites for hydroxylation is 1. The van der Waals surface area contributed by atoms with Crippen molar-refractivity contribution in [1.82, 2.24) is 23.6 Å². The average Bonchev–Trinajstić information content (AvgIpc) is 3.26. The molecule has 2 heterocycles. The monoisotopic (exact) mass is 476 g/mol. The molecule has 0 aliphatic carbocycles. The first-order chi connectivity index (χ1) is 13.6. The molecule has 0 atom stereocenters. The highest BCUT2D eigenvalue weighted by Crippen LogP contribution is 2.25. The first-order valence-corrected chi connectivity index (χ1v) is 12.3. The fourth-order valence-electron chi connectivity index (χ4n) is 2.34. The quantitative estimate of drug-likeness (QED) is 0.503.